The Morgan fingerprint density at radius 3 is 2.95 bits per heavy atom. The Hall–Kier alpha value is -1.76. The molecule has 2 heterocycles. The Morgan fingerprint density at radius 2 is 2.10 bits per heavy atom. The van der Waals surface area contributed by atoms with Crippen molar-refractivity contribution in [1.29, 1.82) is 0 Å². The molecule has 0 aliphatic heterocycles. The number of fused-ring (bicyclic) bond motifs is 1. The maximum atomic E-state index is 12.2. The van der Waals surface area contributed by atoms with Crippen molar-refractivity contribution in [3.63, 3.8) is 0 Å². The number of hydrogen-bond donors (Lipinski definition) is 0. The lowest BCUT2D eigenvalue weighted by Gasteiger charge is -2.10. The van der Waals surface area contributed by atoms with Crippen LogP contribution >= 0.6 is 22.6 Å². The van der Waals surface area contributed by atoms with Crippen LogP contribution in [0.5, 0.6) is 0 Å². The maximum absolute atomic E-state index is 12.2. The zero-order valence-electron chi connectivity index (χ0n) is 10.9. The summed E-state index contributed by atoms with van der Waals surface area (Å²) in [5.74, 6) is 0.724. The van der Waals surface area contributed by atoms with Gasteiger partial charge in [-0.15, -0.1) is 0 Å². The van der Waals surface area contributed by atoms with Gasteiger partial charge in [0.2, 0.25) is 0 Å². The zero-order chi connectivity index (χ0) is 14.1. The van der Waals surface area contributed by atoms with Crippen molar-refractivity contribution >= 4 is 33.5 Å². The molecule has 100 valence electrons. The van der Waals surface area contributed by atoms with Gasteiger partial charge in [-0.2, -0.15) is 0 Å². The number of rotatable bonds is 2. The lowest BCUT2D eigenvalue weighted by molar-refractivity contribution is 0.695. The highest BCUT2D eigenvalue weighted by atomic mass is 127. The van der Waals surface area contributed by atoms with Gasteiger partial charge in [-0.05, 0) is 53.3 Å². The first-order valence-electron chi connectivity index (χ1n) is 6.21. The van der Waals surface area contributed by atoms with Crippen LogP contribution in [-0.4, -0.2) is 14.5 Å². The molecule has 1 aromatic carbocycles. The molecular formula is C15H12IN3O. The fraction of sp³-hybridized carbons (Fsp3) is 0.133. The van der Waals surface area contributed by atoms with E-state index in [1.807, 2.05) is 53.8 Å². The van der Waals surface area contributed by atoms with Crippen LogP contribution in [0.25, 0.3) is 10.9 Å². The van der Waals surface area contributed by atoms with Gasteiger partial charge in [0, 0.05) is 17.8 Å². The second-order valence-corrected chi connectivity index (χ2v) is 5.74. The first kappa shape index (κ1) is 13.2. The van der Waals surface area contributed by atoms with Crippen molar-refractivity contribution < 1.29 is 0 Å². The van der Waals surface area contributed by atoms with Gasteiger partial charge in [-0.1, -0.05) is 12.1 Å². The Morgan fingerprint density at radius 1 is 1.25 bits per heavy atom. The molecule has 0 saturated carbocycles. The highest BCUT2D eigenvalue weighted by Gasteiger charge is 2.06. The molecule has 0 aliphatic carbocycles. The maximum Gasteiger partial charge on any atom is 0.267 e. The fourth-order valence-electron chi connectivity index (χ4n) is 2.14. The SMILES string of the molecule is Cc1ncc(I)c(=O)n1Cc1ccc2ncccc2c1. The number of halogens is 1. The van der Waals surface area contributed by atoms with Crippen LogP contribution in [0.15, 0.2) is 47.5 Å². The lowest BCUT2D eigenvalue weighted by Crippen LogP contribution is -2.26. The van der Waals surface area contributed by atoms with E-state index >= 15 is 0 Å². The minimum absolute atomic E-state index is 0.00406. The number of pyridine rings is 1. The van der Waals surface area contributed by atoms with Gasteiger partial charge in [0.15, 0.2) is 0 Å². The van der Waals surface area contributed by atoms with Gasteiger partial charge < -0.3 is 0 Å². The normalized spacial score (nSPS) is 10.9. The van der Waals surface area contributed by atoms with Crippen molar-refractivity contribution in [1.82, 2.24) is 14.5 Å². The molecule has 2 aromatic heterocycles. The van der Waals surface area contributed by atoms with Crippen molar-refractivity contribution in [2.45, 2.75) is 13.5 Å². The Balaban J connectivity index is 2.05. The van der Waals surface area contributed by atoms with E-state index in [1.165, 1.54) is 0 Å². The van der Waals surface area contributed by atoms with E-state index in [0.29, 0.717) is 10.1 Å². The average Bonchev–Trinajstić information content (AvgIpc) is 2.47. The lowest BCUT2D eigenvalue weighted by atomic mass is 10.1. The number of aryl methyl sites for hydroxylation is 1. The topological polar surface area (TPSA) is 47.8 Å². The minimum atomic E-state index is 0.00406. The first-order valence-corrected chi connectivity index (χ1v) is 7.28. The predicted octanol–water partition coefficient (Wildman–Crippen LogP) is 2.75. The molecule has 5 heteroatoms. The molecule has 3 rings (SSSR count). The number of nitrogens with zero attached hydrogens (tertiary/aromatic N) is 3. The van der Waals surface area contributed by atoms with Crippen LogP contribution in [-0.2, 0) is 6.54 Å². The summed E-state index contributed by atoms with van der Waals surface area (Å²) < 4.78 is 2.33. The molecule has 0 fully saturated rings. The quantitative estimate of drug-likeness (QED) is 0.646. The smallest absolute Gasteiger partial charge is 0.267 e. The number of aromatic nitrogens is 3. The summed E-state index contributed by atoms with van der Waals surface area (Å²) in [4.78, 5) is 20.7. The second-order valence-electron chi connectivity index (χ2n) is 4.58. The third kappa shape index (κ3) is 2.45. The van der Waals surface area contributed by atoms with Crippen molar-refractivity contribution in [3.05, 3.63) is 68.0 Å². The van der Waals surface area contributed by atoms with Crippen molar-refractivity contribution in [3.8, 4) is 0 Å². The molecule has 20 heavy (non-hydrogen) atoms. The van der Waals surface area contributed by atoms with Crippen LogP contribution in [0.4, 0.5) is 0 Å². The van der Waals surface area contributed by atoms with Gasteiger partial charge >= 0.3 is 0 Å². The number of benzene rings is 1. The van der Waals surface area contributed by atoms with Crippen LogP contribution in [0, 0.1) is 10.5 Å². The standard InChI is InChI=1S/C15H12IN3O/c1-10-18-8-13(16)15(20)19(10)9-11-4-5-14-12(7-11)3-2-6-17-14/h2-8H,9H2,1H3. The molecular weight excluding hydrogens is 365 g/mol. The third-order valence-corrected chi connectivity index (χ3v) is 3.95. The summed E-state index contributed by atoms with van der Waals surface area (Å²) in [5.41, 5.74) is 2.03. The highest BCUT2D eigenvalue weighted by molar-refractivity contribution is 14.1. The van der Waals surface area contributed by atoms with Gasteiger partial charge in [0.05, 0.1) is 15.6 Å². The van der Waals surface area contributed by atoms with Gasteiger partial charge in [-0.25, -0.2) is 4.98 Å². The van der Waals surface area contributed by atoms with E-state index in [0.717, 1.165) is 22.3 Å². The molecule has 0 spiro atoms. The van der Waals surface area contributed by atoms with Crippen LogP contribution in [0.1, 0.15) is 11.4 Å². The summed E-state index contributed by atoms with van der Waals surface area (Å²) in [6, 6.07) is 9.98. The fourth-order valence-corrected chi connectivity index (χ4v) is 2.57. The van der Waals surface area contributed by atoms with Crippen molar-refractivity contribution in [2.75, 3.05) is 0 Å². The molecule has 0 bridgehead atoms. The molecule has 0 N–H and O–H groups in total. The average molecular weight is 377 g/mol. The van der Waals surface area contributed by atoms with Crippen LogP contribution in [0.3, 0.4) is 0 Å². The predicted molar refractivity (Wildman–Crippen MR) is 86.8 cm³/mol. The van der Waals surface area contributed by atoms with Gasteiger partial charge in [0.1, 0.15) is 5.82 Å². The summed E-state index contributed by atoms with van der Waals surface area (Å²) >= 11 is 2.02. The molecule has 0 atom stereocenters. The third-order valence-electron chi connectivity index (χ3n) is 3.21. The van der Waals surface area contributed by atoms with Crippen LogP contribution in [0.2, 0.25) is 0 Å². The summed E-state index contributed by atoms with van der Waals surface area (Å²) in [5, 5.41) is 1.08. The molecule has 0 saturated heterocycles. The molecule has 4 nitrogen and oxygen atoms in total. The Kier molecular flexibility index (Phi) is 3.52. The van der Waals surface area contributed by atoms with E-state index in [-0.39, 0.29) is 5.56 Å². The Bertz CT molecular complexity index is 842. The van der Waals surface area contributed by atoms with E-state index in [4.69, 9.17) is 0 Å². The monoisotopic (exact) mass is 377 g/mol. The first-order chi connectivity index (χ1) is 9.65. The highest BCUT2D eigenvalue weighted by Crippen LogP contribution is 2.14. The Labute approximate surface area is 129 Å². The minimum Gasteiger partial charge on any atom is -0.292 e. The van der Waals surface area contributed by atoms with E-state index in [9.17, 15) is 4.79 Å². The molecule has 0 aliphatic rings. The largest absolute Gasteiger partial charge is 0.292 e. The van der Waals surface area contributed by atoms with Gasteiger partial charge in [-0.3, -0.25) is 14.3 Å². The van der Waals surface area contributed by atoms with Crippen LogP contribution < -0.4 is 5.56 Å². The van der Waals surface area contributed by atoms with E-state index in [1.54, 1.807) is 17.0 Å². The molecule has 3 aromatic rings. The molecule has 0 radical (unpaired) electrons. The zero-order valence-corrected chi connectivity index (χ0v) is 13.0. The van der Waals surface area contributed by atoms with E-state index in [2.05, 4.69) is 16.0 Å². The summed E-state index contributed by atoms with van der Waals surface area (Å²) in [7, 11) is 0. The van der Waals surface area contributed by atoms with Gasteiger partial charge in [0.25, 0.3) is 5.56 Å². The number of hydrogen-bond acceptors (Lipinski definition) is 3. The molecule has 0 amide bonds. The second kappa shape index (κ2) is 5.32. The van der Waals surface area contributed by atoms with E-state index < -0.39 is 0 Å². The summed E-state index contributed by atoms with van der Waals surface area (Å²) in [6.07, 6.45) is 3.39. The molecule has 0 unspecified atom stereocenters. The van der Waals surface area contributed by atoms with Crippen molar-refractivity contribution in [2.24, 2.45) is 0 Å². The summed E-state index contributed by atoms with van der Waals surface area (Å²) in [6.45, 7) is 2.37.